The quantitative estimate of drug-likeness (QED) is 0.543. The van der Waals surface area contributed by atoms with Gasteiger partial charge in [-0.1, -0.05) is 62.4 Å². The Labute approximate surface area is 200 Å². The Morgan fingerprint density at radius 1 is 1.03 bits per heavy atom. The average molecular weight is 465 g/mol. The second kappa shape index (κ2) is 10.3. The zero-order chi connectivity index (χ0) is 24.2. The molecule has 2 amide bonds. The molecule has 0 bridgehead atoms. The fourth-order valence-corrected chi connectivity index (χ4v) is 4.66. The van der Waals surface area contributed by atoms with Crippen molar-refractivity contribution in [2.75, 3.05) is 13.2 Å². The first kappa shape index (κ1) is 23.8. The average Bonchev–Trinajstić information content (AvgIpc) is 3.59. The van der Waals surface area contributed by atoms with E-state index in [0.29, 0.717) is 0 Å². The number of nitrogens with one attached hydrogen (secondary N) is 1. The normalized spacial score (nSPS) is 15.4. The molecule has 2 aliphatic rings. The molecule has 0 saturated heterocycles. The van der Waals surface area contributed by atoms with E-state index in [1.165, 1.54) is 11.1 Å². The number of carboxylic acids is 1. The monoisotopic (exact) mass is 464 g/mol. The van der Waals surface area contributed by atoms with Crippen LogP contribution < -0.4 is 5.32 Å². The minimum Gasteiger partial charge on any atom is -0.481 e. The van der Waals surface area contributed by atoms with Crippen LogP contribution in [0.1, 0.15) is 56.6 Å². The Kier molecular flexibility index (Phi) is 7.20. The fraction of sp³-hybridized carbons (Fsp3) is 0.444. The van der Waals surface area contributed by atoms with Gasteiger partial charge in [0.15, 0.2) is 0 Å². The summed E-state index contributed by atoms with van der Waals surface area (Å²) >= 11 is 0. The van der Waals surface area contributed by atoms with Crippen molar-refractivity contribution >= 4 is 18.0 Å². The number of carboxylic acid groups (broad SMARTS) is 1. The number of fused-ring (bicyclic) bond motifs is 3. The lowest BCUT2D eigenvalue weighted by atomic mass is 9.98. The molecule has 7 nitrogen and oxygen atoms in total. The second-order valence-corrected chi connectivity index (χ2v) is 9.49. The van der Waals surface area contributed by atoms with Gasteiger partial charge in [0, 0.05) is 31.0 Å². The lowest BCUT2D eigenvalue weighted by Gasteiger charge is -2.27. The number of ether oxygens (including phenoxy) is 1. The molecule has 0 unspecified atom stereocenters. The highest BCUT2D eigenvalue weighted by atomic mass is 16.5. The van der Waals surface area contributed by atoms with E-state index in [1.54, 1.807) is 4.90 Å². The molecule has 2 aromatic carbocycles. The summed E-state index contributed by atoms with van der Waals surface area (Å²) in [6.07, 6.45) is 1.30. The standard InChI is InChI=1S/C27H32N2O5/c1-17(2)24(15-25(30)29(18-11-12-18)14-13-26(31)32)28-27(33)34-16-23-21-9-5-3-7-19(21)20-8-4-6-10-22(20)23/h3-10,17-18,23-24H,11-16H2,1-2H3,(H,28,33)(H,31,32)/t24-/m1/s1. The highest BCUT2D eigenvalue weighted by Gasteiger charge is 2.34. The van der Waals surface area contributed by atoms with Gasteiger partial charge in [-0.2, -0.15) is 0 Å². The molecule has 2 N–H and O–H groups in total. The van der Waals surface area contributed by atoms with Gasteiger partial charge in [0.25, 0.3) is 0 Å². The minimum absolute atomic E-state index is 0.0185. The van der Waals surface area contributed by atoms with Crippen LogP contribution in [0.2, 0.25) is 0 Å². The van der Waals surface area contributed by atoms with Crippen molar-refractivity contribution in [3.63, 3.8) is 0 Å². The highest BCUT2D eigenvalue weighted by molar-refractivity contribution is 5.80. The first-order valence-corrected chi connectivity index (χ1v) is 12.0. The van der Waals surface area contributed by atoms with Gasteiger partial charge in [-0.25, -0.2) is 4.79 Å². The van der Waals surface area contributed by atoms with E-state index in [1.807, 2.05) is 38.1 Å². The minimum atomic E-state index is -0.921. The van der Waals surface area contributed by atoms with Crippen LogP contribution in [0.15, 0.2) is 48.5 Å². The largest absolute Gasteiger partial charge is 0.481 e. The molecule has 1 atom stereocenters. The van der Waals surface area contributed by atoms with Gasteiger partial charge >= 0.3 is 12.1 Å². The van der Waals surface area contributed by atoms with Crippen molar-refractivity contribution in [2.45, 2.75) is 57.5 Å². The molecule has 0 radical (unpaired) electrons. The summed E-state index contributed by atoms with van der Waals surface area (Å²) in [5.74, 6) is -1.05. The number of hydrogen-bond acceptors (Lipinski definition) is 4. The maximum Gasteiger partial charge on any atom is 0.407 e. The van der Waals surface area contributed by atoms with E-state index in [4.69, 9.17) is 9.84 Å². The van der Waals surface area contributed by atoms with Crippen molar-refractivity contribution < 1.29 is 24.2 Å². The van der Waals surface area contributed by atoms with Gasteiger partial charge in [-0.3, -0.25) is 9.59 Å². The first-order valence-electron chi connectivity index (χ1n) is 12.0. The number of rotatable bonds is 10. The SMILES string of the molecule is CC(C)[C@@H](CC(=O)N(CCC(=O)O)C1CC1)NC(=O)OCC1c2ccccc2-c2ccccc21. The smallest absolute Gasteiger partial charge is 0.407 e. The van der Waals surface area contributed by atoms with Gasteiger partial charge in [0.1, 0.15) is 6.61 Å². The number of aliphatic carboxylic acids is 1. The molecular formula is C27H32N2O5. The number of carbonyl (C=O) groups is 3. The summed E-state index contributed by atoms with van der Waals surface area (Å²) < 4.78 is 5.65. The molecule has 1 saturated carbocycles. The molecule has 0 aromatic heterocycles. The zero-order valence-electron chi connectivity index (χ0n) is 19.7. The molecule has 34 heavy (non-hydrogen) atoms. The van der Waals surface area contributed by atoms with Gasteiger partial charge in [-0.15, -0.1) is 0 Å². The first-order chi connectivity index (χ1) is 16.3. The zero-order valence-corrected chi connectivity index (χ0v) is 19.7. The maximum absolute atomic E-state index is 12.9. The van der Waals surface area contributed by atoms with Crippen molar-refractivity contribution in [3.8, 4) is 11.1 Å². The van der Waals surface area contributed by atoms with E-state index in [9.17, 15) is 14.4 Å². The van der Waals surface area contributed by atoms with E-state index in [2.05, 4.69) is 29.6 Å². The van der Waals surface area contributed by atoms with Crippen LogP contribution in [0.3, 0.4) is 0 Å². The van der Waals surface area contributed by atoms with Crippen LogP contribution >= 0.6 is 0 Å². The Hall–Kier alpha value is -3.35. The Bertz CT molecular complexity index is 1020. The fourth-order valence-electron chi connectivity index (χ4n) is 4.66. The third kappa shape index (κ3) is 5.41. The van der Waals surface area contributed by atoms with Gasteiger partial charge in [-0.05, 0) is 41.0 Å². The van der Waals surface area contributed by atoms with Crippen LogP contribution in [0.5, 0.6) is 0 Å². The molecule has 0 heterocycles. The topological polar surface area (TPSA) is 95.9 Å². The molecule has 2 aromatic rings. The number of hydrogen-bond donors (Lipinski definition) is 2. The van der Waals surface area contributed by atoms with Crippen molar-refractivity contribution in [2.24, 2.45) is 5.92 Å². The maximum atomic E-state index is 12.9. The van der Waals surface area contributed by atoms with Crippen LogP contribution in [0, 0.1) is 5.92 Å². The van der Waals surface area contributed by atoms with E-state index < -0.39 is 18.1 Å². The summed E-state index contributed by atoms with van der Waals surface area (Å²) in [5, 5.41) is 11.9. The Morgan fingerprint density at radius 3 is 2.15 bits per heavy atom. The van der Waals surface area contributed by atoms with Crippen LogP contribution in [-0.2, 0) is 14.3 Å². The summed E-state index contributed by atoms with van der Waals surface area (Å²) in [7, 11) is 0. The van der Waals surface area contributed by atoms with Crippen LogP contribution in [0.4, 0.5) is 4.79 Å². The Balaban J connectivity index is 1.36. The van der Waals surface area contributed by atoms with Crippen molar-refractivity contribution in [1.82, 2.24) is 10.2 Å². The molecule has 1 fully saturated rings. The number of benzene rings is 2. The third-order valence-electron chi connectivity index (χ3n) is 6.72. The molecular weight excluding hydrogens is 432 g/mol. The third-order valence-corrected chi connectivity index (χ3v) is 6.72. The molecule has 2 aliphatic carbocycles. The number of alkyl carbamates (subject to hydrolysis) is 1. The number of nitrogens with zero attached hydrogens (tertiary/aromatic N) is 1. The lowest BCUT2D eigenvalue weighted by Crippen LogP contribution is -2.44. The van der Waals surface area contributed by atoms with Crippen molar-refractivity contribution in [1.29, 1.82) is 0 Å². The summed E-state index contributed by atoms with van der Waals surface area (Å²) in [6, 6.07) is 16.1. The molecule has 0 aliphatic heterocycles. The lowest BCUT2D eigenvalue weighted by molar-refractivity contribution is -0.138. The summed E-state index contributed by atoms with van der Waals surface area (Å²) in [5.41, 5.74) is 4.62. The van der Waals surface area contributed by atoms with Crippen molar-refractivity contribution in [3.05, 3.63) is 59.7 Å². The van der Waals surface area contributed by atoms with E-state index in [0.717, 1.165) is 24.0 Å². The van der Waals surface area contributed by atoms with Crippen LogP contribution in [0.25, 0.3) is 11.1 Å². The number of carbonyl (C=O) groups excluding carboxylic acids is 2. The van der Waals surface area contributed by atoms with E-state index >= 15 is 0 Å². The van der Waals surface area contributed by atoms with Gasteiger partial charge < -0.3 is 20.1 Å². The Morgan fingerprint density at radius 2 is 1.62 bits per heavy atom. The molecule has 0 spiro atoms. The van der Waals surface area contributed by atoms with Gasteiger partial charge in [0.2, 0.25) is 5.91 Å². The molecule has 7 heteroatoms. The second-order valence-electron chi connectivity index (χ2n) is 9.49. The highest BCUT2D eigenvalue weighted by Crippen LogP contribution is 2.44. The van der Waals surface area contributed by atoms with Crippen LogP contribution in [-0.4, -0.2) is 53.2 Å². The molecule has 180 valence electrons. The molecule has 4 rings (SSSR count). The predicted octanol–water partition coefficient (Wildman–Crippen LogP) is 4.41. The number of amides is 2. The predicted molar refractivity (Wildman–Crippen MR) is 128 cm³/mol. The van der Waals surface area contributed by atoms with E-state index in [-0.39, 0.29) is 49.8 Å². The summed E-state index contributed by atoms with van der Waals surface area (Å²) in [6.45, 7) is 4.31. The summed E-state index contributed by atoms with van der Waals surface area (Å²) in [4.78, 5) is 38.3. The van der Waals surface area contributed by atoms with Gasteiger partial charge in [0.05, 0.1) is 6.42 Å².